The van der Waals surface area contributed by atoms with E-state index in [9.17, 15) is 4.79 Å². The number of aliphatic carboxylic acids is 1. The Morgan fingerprint density at radius 2 is 2.43 bits per heavy atom. The first-order chi connectivity index (χ1) is 6.74. The summed E-state index contributed by atoms with van der Waals surface area (Å²) in [5.74, 6) is -0.843. The Morgan fingerprint density at radius 3 is 3.07 bits per heavy atom. The van der Waals surface area contributed by atoms with Crippen LogP contribution in [0.25, 0.3) is 0 Å². The molecule has 1 aliphatic heterocycles. The van der Waals surface area contributed by atoms with Crippen molar-refractivity contribution in [1.29, 1.82) is 0 Å². The second-order valence-electron chi connectivity index (χ2n) is 3.81. The number of hydrogen-bond acceptors (Lipinski definition) is 2. The van der Waals surface area contributed by atoms with Gasteiger partial charge in [0, 0.05) is 12.1 Å². The minimum absolute atomic E-state index is 0.575. The smallest absolute Gasteiger partial charge is 0.327 e. The van der Waals surface area contributed by atoms with Crippen molar-refractivity contribution in [3.63, 3.8) is 0 Å². The first kappa shape index (κ1) is 11.2. The van der Waals surface area contributed by atoms with Crippen LogP contribution in [0.4, 0.5) is 0 Å². The Bertz CT molecular complexity index is 213. The average Bonchev–Trinajstić information content (AvgIpc) is 2.53. The molecular formula is C11H19NO2. The molecule has 0 aromatic heterocycles. The molecule has 0 amide bonds. The Kier molecular flexibility index (Phi) is 4.66. The molecule has 3 nitrogen and oxygen atoms in total. The average molecular weight is 197 g/mol. The van der Waals surface area contributed by atoms with Crippen LogP contribution < -0.4 is 0 Å². The normalized spacial score (nSPS) is 23.4. The van der Waals surface area contributed by atoms with Gasteiger partial charge in [0.1, 0.15) is 0 Å². The number of likely N-dealkylation sites (tertiary alicyclic amines) is 1. The molecule has 1 heterocycles. The summed E-state index contributed by atoms with van der Waals surface area (Å²) in [7, 11) is 0. The van der Waals surface area contributed by atoms with Gasteiger partial charge in [-0.25, -0.2) is 4.79 Å². The van der Waals surface area contributed by atoms with Gasteiger partial charge in [-0.05, 0) is 38.8 Å². The van der Waals surface area contributed by atoms with Crippen molar-refractivity contribution in [3.8, 4) is 0 Å². The number of nitrogens with zero attached hydrogens (tertiary/aromatic N) is 1. The van der Waals surface area contributed by atoms with E-state index in [1.807, 2.05) is 0 Å². The highest BCUT2D eigenvalue weighted by Crippen LogP contribution is 2.20. The quantitative estimate of drug-likeness (QED) is 0.684. The summed E-state index contributed by atoms with van der Waals surface area (Å²) in [5, 5.41) is 8.46. The molecule has 1 saturated heterocycles. The van der Waals surface area contributed by atoms with Gasteiger partial charge in [0.25, 0.3) is 0 Å². The number of rotatable bonds is 5. The van der Waals surface area contributed by atoms with Crippen molar-refractivity contribution in [2.75, 3.05) is 13.1 Å². The van der Waals surface area contributed by atoms with Crippen LogP contribution in [0, 0.1) is 0 Å². The molecule has 1 atom stereocenters. The van der Waals surface area contributed by atoms with E-state index in [1.54, 1.807) is 6.08 Å². The molecule has 0 saturated carbocycles. The Hall–Kier alpha value is -0.830. The van der Waals surface area contributed by atoms with Crippen LogP contribution >= 0.6 is 0 Å². The van der Waals surface area contributed by atoms with Crippen molar-refractivity contribution in [1.82, 2.24) is 4.90 Å². The zero-order valence-electron chi connectivity index (χ0n) is 8.78. The van der Waals surface area contributed by atoms with E-state index in [-0.39, 0.29) is 0 Å². The van der Waals surface area contributed by atoms with Gasteiger partial charge < -0.3 is 10.0 Å². The standard InChI is InChI=1S/C11H19NO2/c1-2-8-12-9-4-6-10(12)5-3-7-11(13)14/h3,7,10H,2,4-6,8-9H2,1H3,(H,13,14)/b7-3+/t10-/m1/s1. The Morgan fingerprint density at radius 1 is 1.64 bits per heavy atom. The first-order valence-electron chi connectivity index (χ1n) is 5.37. The van der Waals surface area contributed by atoms with E-state index < -0.39 is 5.97 Å². The number of carboxylic acids is 1. The fourth-order valence-corrected chi connectivity index (χ4v) is 2.07. The minimum Gasteiger partial charge on any atom is -0.478 e. The molecular weight excluding hydrogens is 178 g/mol. The molecule has 0 aromatic carbocycles. The van der Waals surface area contributed by atoms with Crippen molar-refractivity contribution >= 4 is 5.97 Å². The SMILES string of the molecule is CCCN1CCC[C@H]1C/C=C/C(=O)O. The van der Waals surface area contributed by atoms with Crippen LogP contribution in [0.3, 0.4) is 0 Å². The Balaban J connectivity index is 2.32. The molecule has 0 spiro atoms. The van der Waals surface area contributed by atoms with Gasteiger partial charge in [0.2, 0.25) is 0 Å². The Labute approximate surface area is 85.4 Å². The van der Waals surface area contributed by atoms with E-state index in [4.69, 9.17) is 5.11 Å². The second-order valence-corrected chi connectivity index (χ2v) is 3.81. The van der Waals surface area contributed by atoms with Gasteiger partial charge in [-0.15, -0.1) is 0 Å². The molecule has 1 rings (SSSR count). The predicted octanol–water partition coefficient (Wildman–Crippen LogP) is 1.89. The summed E-state index contributed by atoms with van der Waals surface area (Å²) in [6.07, 6.45) is 7.56. The number of carboxylic acid groups (broad SMARTS) is 1. The van der Waals surface area contributed by atoms with Crippen LogP contribution in [0.15, 0.2) is 12.2 Å². The van der Waals surface area contributed by atoms with E-state index in [2.05, 4.69) is 11.8 Å². The highest BCUT2D eigenvalue weighted by molar-refractivity contribution is 5.79. The highest BCUT2D eigenvalue weighted by Gasteiger charge is 2.21. The van der Waals surface area contributed by atoms with Gasteiger partial charge in [0.05, 0.1) is 0 Å². The molecule has 14 heavy (non-hydrogen) atoms. The lowest BCUT2D eigenvalue weighted by molar-refractivity contribution is -0.131. The predicted molar refractivity (Wildman–Crippen MR) is 56.3 cm³/mol. The van der Waals surface area contributed by atoms with Gasteiger partial charge >= 0.3 is 5.97 Å². The van der Waals surface area contributed by atoms with Gasteiger partial charge in [-0.3, -0.25) is 0 Å². The molecule has 1 N–H and O–H groups in total. The van der Waals surface area contributed by atoms with Crippen molar-refractivity contribution in [2.45, 2.75) is 38.6 Å². The molecule has 1 aliphatic rings. The third-order valence-electron chi connectivity index (χ3n) is 2.68. The first-order valence-corrected chi connectivity index (χ1v) is 5.37. The van der Waals surface area contributed by atoms with E-state index in [0.29, 0.717) is 6.04 Å². The number of carbonyl (C=O) groups is 1. The van der Waals surface area contributed by atoms with Crippen LogP contribution in [0.2, 0.25) is 0 Å². The zero-order valence-corrected chi connectivity index (χ0v) is 8.78. The third-order valence-corrected chi connectivity index (χ3v) is 2.68. The van der Waals surface area contributed by atoms with Crippen LogP contribution in [-0.4, -0.2) is 35.1 Å². The fraction of sp³-hybridized carbons (Fsp3) is 0.727. The van der Waals surface area contributed by atoms with E-state index >= 15 is 0 Å². The topological polar surface area (TPSA) is 40.5 Å². The monoisotopic (exact) mass is 197 g/mol. The van der Waals surface area contributed by atoms with E-state index in [1.165, 1.54) is 31.9 Å². The summed E-state index contributed by atoms with van der Waals surface area (Å²) in [6, 6.07) is 0.575. The summed E-state index contributed by atoms with van der Waals surface area (Å²) in [4.78, 5) is 12.7. The van der Waals surface area contributed by atoms with Crippen molar-refractivity contribution in [3.05, 3.63) is 12.2 Å². The molecule has 0 bridgehead atoms. The molecule has 1 fully saturated rings. The highest BCUT2D eigenvalue weighted by atomic mass is 16.4. The zero-order chi connectivity index (χ0) is 10.4. The fourth-order valence-electron chi connectivity index (χ4n) is 2.07. The molecule has 3 heteroatoms. The van der Waals surface area contributed by atoms with Gasteiger partial charge in [0.15, 0.2) is 0 Å². The lowest BCUT2D eigenvalue weighted by Crippen LogP contribution is -2.29. The number of hydrogen-bond donors (Lipinski definition) is 1. The van der Waals surface area contributed by atoms with Crippen LogP contribution in [0.1, 0.15) is 32.6 Å². The molecule has 0 unspecified atom stereocenters. The molecule has 80 valence electrons. The summed E-state index contributed by atoms with van der Waals surface area (Å²) >= 11 is 0. The van der Waals surface area contributed by atoms with E-state index in [0.717, 1.165) is 13.0 Å². The molecule has 0 radical (unpaired) electrons. The maximum atomic E-state index is 10.3. The largest absolute Gasteiger partial charge is 0.478 e. The van der Waals surface area contributed by atoms with Crippen LogP contribution in [-0.2, 0) is 4.79 Å². The maximum absolute atomic E-state index is 10.3. The van der Waals surface area contributed by atoms with Crippen LogP contribution in [0.5, 0.6) is 0 Å². The summed E-state index contributed by atoms with van der Waals surface area (Å²) < 4.78 is 0. The van der Waals surface area contributed by atoms with Gasteiger partial charge in [-0.2, -0.15) is 0 Å². The summed E-state index contributed by atoms with van der Waals surface area (Å²) in [6.45, 7) is 4.51. The lowest BCUT2D eigenvalue weighted by Gasteiger charge is -2.22. The van der Waals surface area contributed by atoms with Crippen molar-refractivity contribution < 1.29 is 9.90 Å². The van der Waals surface area contributed by atoms with Crippen molar-refractivity contribution in [2.24, 2.45) is 0 Å². The summed E-state index contributed by atoms with van der Waals surface area (Å²) in [5.41, 5.74) is 0. The minimum atomic E-state index is -0.843. The lowest BCUT2D eigenvalue weighted by atomic mass is 10.1. The maximum Gasteiger partial charge on any atom is 0.327 e. The van der Waals surface area contributed by atoms with Gasteiger partial charge in [-0.1, -0.05) is 13.0 Å². The molecule has 0 aliphatic carbocycles. The third kappa shape index (κ3) is 3.50. The second kappa shape index (κ2) is 5.81. The molecule has 0 aromatic rings.